The maximum Gasteiger partial charge on any atom is 0.233 e. The Morgan fingerprint density at radius 3 is 2.31 bits per heavy atom. The third-order valence-electron chi connectivity index (χ3n) is 5.00. The first-order valence-electron chi connectivity index (χ1n) is 10.1. The van der Waals surface area contributed by atoms with Gasteiger partial charge in [0.05, 0.1) is 5.25 Å². The normalized spacial score (nSPS) is 13.1. The van der Waals surface area contributed by atoms with E-state index in [1.54, 1.807) is 0 Å². The molecule has 5 nitrogen and oxygen atoms in total. The van der Waals surface area contributed by atoms with Crippen molar-refractivity contribution in [2.45, 2.75) is 50.1 Å². The number of aromatic nitrogens is 3. The SMILES string of the molecule is CC[C@@H](CNC(=O)[C@@H](C)Sc1nnc(-c2ccccc2)n1CC)c1ccccc1. The third kappa shape index (κ3) is 5.26. The number of benzene rings is 2. The lowest BCUT2D eigenvalue weighted by molar-refractivity contribution is -0.120. The number of hydrogen-bond donors (Lipinski definition) is 1. The molecular weight excluding hydrogens is 380 g/mol. The summed E-state index contributed by atoms with van der Waals surface area (Å²) in [6, 6.07) is 20.3. The highest BCUT2D eigenvalue weighted by Crippen LogP contribution is 2.27. The Balaban J connectivity index is 1.63. The van der Waals surface area contributed by atoms with E-state index in [9.17, 15) is 4.79 Å². The van der Waals surface area contributed by atoms with E-state index >= 15 is 0 Å². The van der Waals surface area contributed by atoms with Crippen LogP contribution in [0.3, 0.4) is 0 Å². The molecule has 0 radical (unpaired) electrons. The van der Waals surface area contributed by atoms with Crippen LogP contribution in [0.2, 0.25) is 0 Å². The first kappa shape index (κ1) is 21.1. The average Bonchev–Trinajstić information content (AvgIpc) is 3.17. The summed E-state index contributed by atoms with van der Waals surface area (Å²) in [7, 11) is 0. The summed E-state index contributed by atoms with van der Waals surface area (Å²) in [4.78, 5) is 12.7. The van der Waals surface area contributed by atoms with E-state index in [2.05, 4.69) is 46.1 Å². The second-order valence-electron chi connectivity index (χ2n) is 6.94. The molecule has 1 heterocycles. The maximum absolute atomic E-state index is 12.7. The van der Waals surface area contributed by atoms with Gasteiger partial charge in [-0.25, -0.2) is 0 Å². The van der Waals surface area contributed by atoms with Gasteiger partial charge in [0.25, 0.3) is 0 Å². The molecule has 3 aromatic rings. The molecular formula is C23H28N4OS. The summed E-state index contributed by atoms with van der Waals surface area (Å²) in [5.74, 6) is 1.18. The standard InChI is InChI=1S/C23H28N4OS/c1-4-18(19-12-8-6-9-13-19)16-24-22(28)17(3)29-23-26-25-21(27(23)5-2)20-14-10-7-11-15-20/h6-15,17-18H,4-5,16H2,1-3H3,(H,24,28)/t17-,18+/m1/s1. The predicted octanol–water partition coefficient (Wildman–Crippen LogP) is 4.76. The van der Waals surface area contributed by atoms with Crippen molar-refractivity contribution in [3.8, 4) is 11.4 Å². The number of thioether (sulfide) groups is 1. The summed E-state index contributed by atoms with van der Waals surface area (Å²) in [5.41, 5.74) is 2.29. The Morgan fingerprint density at radius 2 is 1.69 bits per heavy atom. The maximum atomic E-state index is 12.7. The first-order valence-corrected chi connectivity index (χ1v) is 11.0. The van der Waals surface area contributed by atoms with Gasteiger partial charge in [-0.1, -0.05) is 79.3 Å². The Kier molecular flexibility index (Phi) is 7.47. The highest BCUT2D eigenvalue weighted by Gasteiger charge is 2.21. The summed E-state index contributed by atoms with van der Waals surface area (Å²) >= 11 is 1.45. The van der Waals surface area contributed by atoms with Crippen LogP contribution in [0.4, 0.5) is 0 Å². The van der Waals surface area contributed by atoms with Crippen LogP contribution in [0.25, 0.3) is 11.4 Å². The highest BCUT2D eigenvalue weighted by atomic mass is 32.2. The zero-order valence-electron chi connectivity index (χ0n) is 17.2. The molecule has 0 aliphatic carbocycles. The Hall–Kier alpha value is -2.60. The fraction of sp³-hybridized carbons (Fsp3) is 0.348. The van der Waals surface area contributed by atoms with E-state index in [-0.39, 0.29) is 11.2 Å². The molecule has 3 rings (SSSR count). The Morgan fingerprint density at radius 1 is 1.03 bits per heavy atom. The van der Waals surface area contributed by atoms with E-state index in [4.69, 9.17) is 0 Å². The molecule has 0 bridgehead atoms. The Labute approximate surface area is 176 Å². The van der Waals surface area contributed by atoms with Crippen LogP contribution in [-0.4, -0.2) is 32.5 Å². The van der Waals surface area contributed by atoms with Crippen LogP contribution in [0.5, 0.6) is 0 Å². The van der Waals surface area contributed by atoms with E-state index < -0.39 is 0 Å². The molecule has 0 aliphatic heterocycles. The molecule has 0 saturated heterocycles. The second kappa shape index (κ2) is 10.3. The first-order chi connectivity index (χ1) is 14.1. The lowest BCUT2D eigenvalue weighted by Gasteiger charge is -2.18. The third-order valence-corrected chi connectivity index (χ3v) is 6.08. The van der Waals surface area contributed by atoms with Crippen LogP contribution in [0.1, 0.15) is 38.7 Å². The Bertz CT molecular complexity index is 911. The van der Waals surface area contributed by atoms with Crippen molar-refractivity contribution in [2.75, 3.05) is 6.54 Å². The number of rotatable bonds is 9. The second-order valence-corrected chi connectivity index (χ2v) is 8.25. The zero-order valence-corrected chi connectivity index (χ0v) is 18.0. The van der Waals surface area contributed by atoms with Crippen molar-refractivity contribution < 1.29 is 4.79 Å². The van der Waals surface area contributed by atoms with Crippen molar-refractivity contribution in [1.82, 2.24) is 20.1 Å². The van der Waals surface area contributed by atoms with Gasteiger partial charge in [0, 0.05) is 24.6 Å². The molecule has 152 valence electrons. The summed E-state index contributed by atoms with van der Waals surface area (Å²) < 4.78 is 2.06. The lowest BCUT2D eigenvalue weighted by atomic mass is 9.96. The molecule has 1 N–H and O–H groups in total. The van der Waals surface area contributed by atoms with Crippen molar-refractivity contribution >= 4 is 17.7 Å². The molecule has 2 atom stereocenters. The molecule has 0 spiro atoms. The minimum Gasteiger partial charge on any atom is -0.355 e. The van der Waals surface area contributed by atoms with Crippen LogP contribution in [-0.2, 0) is 11.3 Å². The number of nitrogens with one attached hydrogen (secondary N) is 1. The topological polar surface area (TPSA) is 59.8 Å². The molecule has 1 amide bonds. The van der Waals surface area contributed by atoms with Gasteiger partial charge in [-0.15, -0.1) is 10.2 Å². The lowest BCUT2D eigenvalue weighted by Crippen LogP contribution is -2.34. The van der Waals surface area contributed by atoms with Crippen LogP contribution >= 0.6 is 11.8 Å². The van der Waals surface area contributed by atoms with E-state index in [0.29, 0.717) is 12.5 Å². The van der Waals surface area contributed by atoms with Gasteiger partial charge in [0.2, 0.25) is 5.91 Å². The van der Waals surface area contributed by atoms with Gasteiger partial charge in [0.1, 0.15) is 0 Å². The molecule has 1 aromatic heterocycles. The monoisotopic (exact) mass is 408 g/mol. The van der Waals surface area contributed by atoms with Gasteiger partial charge in [-0.2, -0.15) is 0 Å². The zero-order chi connectivity index (χ0) is 20.6. The number of hydrogen-bond acceptors (Lipinski definition) is 4. The molecule has 29 heavy (non-hydrogen) atoms. The van der Waals surface area contributed by atoms with Crippen molar-refractivity contribution in [2.24, 2.45) is 0 Å². The van der Waals surface area contributed by atoms with Gasteiger partial charge < -0.3 is 9.88 Å². The van der Waals surface area contributed by atoms with Gasteiger partial charge in [-0.05, 0) is 25.8 Å². The van der Waals surface area contributed by atoms with E-state index in [1.165, 1.54) is 17.3 Å². The largest absolute Gasteiger partial charge is 0.355 e. The number of nitrogens with zero attached hydrogens (tertiary/aromatic N) is 3. The summed E-state index contributed by atoms with van der Waals surface area (Å²) in [5, 5.41) is 12.3. The minimum atomic E-state index is -0.249. The average molecular weight is 409 g/mol. The molecule has 0 saturated carbocycles. The molecule has 0 fully saturated rings. The highest BCUT2D eigenvalue weighted by molar-refractivity contribution is 8.00. The summed E-state index contributed by atoms with van der Waals surface area (Å²) in [6.07, 6.45) is 0.983. The quantitative estimate of drug-likeness (QED) is 0.519. The van der Waals surface area contributed by atoms with Crippen LogP contribution < -0.4 is 5.32 Å². The van der Waals surface area contributed by atoms with E-state index in [1.807, 2.05) is 55.5 Å². The van der Waals surface area contributed by atoms with Gasteiger partial charge in [0.15, 0.2) is 11.0 Å². The molecule has 6 heteroatoms. The molecule has 2 aromatic carbocycles. The van der Waals surface area contributed by atoms with Gasteiger partial charge in [-0.3, -0.25) is 4.79 Å². The number of amides is 1. The van der Waals surface area contributed by atoms with Crippen molar-refractivity contribution in [3.63, 3.8) is 0 Å². The molecule has 0 aliphatic rings. The fourth-order valence-electron chi connectivity index (χ4n) is 3.26. The van der Waals surface area contributed by atoms with Crippen molar-refractivity contribution in [3.05, 3.63) is 66.2 Å². The van der Waals surface area contributed by atoms with Crippen LogP contribution in [0.15, 0.2) is 65.8 Å². The summed E-state index contributed by atoms with van der Waals surface area (Å²) in [6.45, 7) is 7.52. The smallest absolute Gasteiger partial charge is 0.233 e. The van der Waals surface area contributed by atoms with Crippen molar-refractivity contribution in [1.29, 1.82) is 0 Å². The predicted molar refractivity (Wildman–Crippen MR) is 119 cm³/mol. The molecule has 0 unspecified atom stereocenters. The van der Waals surface area contributed by atoms with Gasteiger partial charge >= 0.3 is 0 Å². The van der Waals surface area contributed by atoms with E-state index in [0.717, 1.165) is 29.5 Å². The van der Waals surface area contributed by atoms with Crippen LogP contribution in [0, 0.1) is 0 Å². The number of carbonyl (C=O) groups excluding carboxylic acids is 1. The minimum absolute atomic E-state index is 0.0243. The fourth-order valence-corrected chi connectivity index (χ4v) is 4.20. The number of carbonyl (C=O) groups is 1.